The summed E-state index contributed by atoms with van der Waals surface area (Å²) in [6.45, 7) is 7.14. The molecule has 6 atom stereocenters. The number of hydrogen-bond acceptors (Lipinski definition) is 11. The van der Waals surface area contributed by atoms with Crippen molar-refractivity contribution in [2.75, 3.05) is 20.3 Å². The number of benzene rings is 1. The Bertz CT molecular complexity index is 1960. The highest BCUT2D eigenvalue weighted by atomic mass is 35.5. The van der Waals surface area contributed by atoms with E-state index in [4.69, 9.17) is 25.8 Å². The second kappa shape index (κ2) is 14.7. The first kappa shape index (κ1) is 38.0. The number of rotatable bonds is 12. The number of ether oxygens (including phenoxy) is 3. The molecule has 2 aliphatic carbocycles. The Morgan fingerprint density at radius 2 is 1.98 bits per heavy atom. The Morgan fingerprint density at radius 3 is 2.63 bits per heavy atom. The van der Waals surface area contributed by atoms with E-state index in [9.17, 15) is 27.0 Å². The van der Waals surface area contributed by atoms with Gasteiger partial charge in [-0.1, -0.05) is 25.1 Å². The van der Waals surface area contributed by atoms with Gasteiger partial charge in [-0.2, -0.15) is 0 Å². The maximum atomic E-state index is 14.1. The van der Waals surface area contributed by atoms with Gasteiger partial charge < -0.3 is 29.7 Å². The SMILES string of the molecule is C.C=C[C@@H]1C[C@]1(NC(=O)[C@@H]1C[C@@H](Oc2ncc(OC)c3ccc(Cl)cc23)CN1C(=O)C(C)NC1=NS(=O)N=C1OCC)C(=O)NS(=O)(=O)C1CC1. The maximum Gasteiger partial charge on any atom is 0.271 e. The van der Waals surface area contributed by atoms with Crippen LogP contribution in [0.15, 0.2) is 45.8 Å². The molecule has 1 saturated heterocycles. The van der Waals surface area contributed by atoms with Crippen molar-refractivity contribution < 1.29 is 41.2 Å². The summed E-state index contributed by atoms with van der Waals surface area (Å²) in [4.78, 5) is 47.2. The number of sulfonamides is 1. The van der Waals surface area contributed by atoms with Gasteiger partial charge >= 0.3 is 0 Å². The van der Waals surface area contributed by atoms with Crippen molar-refractivity contribution in [2.24, 2.45) is 14.7 Å². The van der Waals surface area contributed by atoms with Gasteiger partial charge in [0.2, 0.25) is 33.6 Å². The molecule has 51 heavy (non-hydrogen) atoms. The maximum absolute atomic E-state index is 14.1. The van der Waals surface area contributed by atoms with Gasteiger partial charge in [-0.05, 0) is 51.3 Å². The molecule has 276 valence electrons. The molecular formula is C32H40ClN7O9S2. The van der Waals surface area contributed by atoms with Crippen LogP contribution in [-0.2, 0) is 40.3 Å². The number of nitrogens with one attached hydrogen (secondary N) is 3. The summed E-state index contributed by atoms with van der Waals surface area (Å²) >= 11 is 4.36. The number of pyridine rings is 1. The third-order valence-corrected chi connectivity index (χ3v) is 11.6. The zero-order valence-corrected chi connectivity index (χ0v) is 29.8. The monoisotopic (exact) mass is 765 g/mol. The Morgan fingerprint density at radius 1 is 1.24 bits per heavy atom. The summed E-state index contributed by atoms with van der Waals surface area (Å²) in [5.74, 6) is -1.94. The zero-order valence-electron chi connectivity index (χ0n) is 27.4. The number of amides is 3. The zero-order chi connectivity index (χ0) is 36.0. The lowest BCUT2D eigenvalue weighted by atomic mass is 10.1. The van der Waals surface area contributed by atoms with Crippen molar-refractivity contribution in [3.63, 3.8) is 0 Å². The summed E-state index contributed by atoms with van der Waals surface area (Å²) in [6, 6.07) is 2.96. The van der Waals surface area contributed by atoms with Crippen LogP contribution in [0.1, 0.15) is 47.0 Å². The standard InChI is InChI=1S/C31H36ClN7O9S2.CH4/c1-5-17-13-31(17,30(42)38-50(44,45)20-8-9-20)35-26(40)23-12-19(48-27-22-11-18(32)7-10-21(22)24(46-4)14-33-27)15-39(23)29(41)16(3)34-25-28(47-6-2)37-49(43)36-25;/h5,7,10-11,14,16-17,19-20,23H,1,6,8-9,12-13,15H2,2-4H3,(H,34,36)(H,35,40)(H,38,42);1H4/t16?,17-,19-,23+,31-,49?;/m1./s1. The van der Waals surface area contributed by atoms with Gasteiger partial charge in [0, 0.05) is 28.1 Å². The third kappa shape index (κ3) is 7.67. The first-order chi connectivity index (χ1) is 23.8. The van der Waals surface area contributed by atoms with Crippen molar-refractivity contribution in [3.05, 3.63) is 42.1 Å². The molecule has 19 heteroatoms. The van der Waals surface area contributed by atoms with Crippen LogP contribution in [0.5, 0.6) is 11.6 Å². The number of hydrogen-bond donors (Lipinski definition) is 3. The molecule has 2 aliphatic heterocycles. The molecule has 0 radical (unpaired) electrons. The number of amidine groups is 1. The molecule has 2 saturated carbocycles. The number of aromatic nitrogens is 1. The molecule has 4 aliphatic rings. The number of halogens is 1. The van der Waals surface area contributed by atoms with Crippen molar-refractivity contribution >= 4 is 73.0 Å². The average molecular weight is 766 g/mol. The smallest absolute Gasteiger partial charge is 0.271 e. The van der Waals surface area contributed by atoms with Gasteiger partial charge in [0.15, 0.2) is 0 Å². The second-order valence-corrected chi connectivity index (χ2v) is 15.6. The van der Waals surface area contributed by atoms with Crippen molar-refractivity contribution in [1.82, 2.24) is 25.2 Å². The van der Waals surface area contributed by atoms with E-state index in [-0.39, 0.29) is 51.0 Å². The van der Waals surface area contributed by atoms with Crippen LogP contribution < -0.4 is 24.8 Å². The Hall–Kier alpha value is -4.29. The molecule has 3 amide bonds. The van der Waals surface area contributed by atoms with Crippen LogP contribution in [0.25, 0.3) is 10.8 Å². The molecule has 1 aromatic carbocycles. The fraction of sp³-hybridized carbons (Fsp3) is 0.500. The van der Waals surface area contributed by atoms with Gasteiger partial charge in [0.05, 0.1) is 31.7 Å². The highest BCUT2D eigenvalue weighted by Gasteiger charge is 2.62. The molecule has 6 rings (SSSR count). The molecule has 3 N–H and O–H groups in total. The summed E-state index contributed by atoms with van der Waals surface area (Å²) < 4.78 is 64.2. The molecule has 2 unspecified atom stereocenters. The largest absolute Gasteiger partial charge is 0.494 e. The predicted molar refractivity (Wildman–Crippen MR) is 191 cm³/mol. The normalized spacial score (nSPS) is 25.8. The van der Waals surface area contributed by atoms with Crippen molar-refractivity contribution in [2.45, 2.75) is 75.9 Å². The van der Waals surface area contributed by atoms with Gasteiger partial charge in [-0.25, -0.2) is 17.6 Å². The van der Waals surface area contributed by atoms with Crippen molar-refractivity contribution in [1.29, 1.82) is 0 Å². The van der Waals surface area contributed by atoms with Gasteiger partial charge in [-0.3, -0.25) is 19.1 Å². The van der Waals surface area contributed by atoms with Crippen LogP contribution >= 0.6 is 11.6 Å². The lowest BCUT2D eigenvalue weighted by molar-refractivity contribution is -0.140. The summed E-state index contributed by atoms with van der Waals surface area (Å²) in [7, 11) is -2.39. The molecule has 3 heterocycles. The molecule has 0 spiro atoms. The lowest BCUT2D eigenvalue weighted by Gasteiger charge is -2.28. The third-order valence-electron chi connectivity index (χ3n) is 8.91. The fourth-order valence-electron chi connectivity index (χ4n) is 6.06. The van der Waals surface area contributed by atoms with E-state index in [1.807, 2.05) is 0 Å². The molecule has 2 aromatic rings. The summed E-state index contributed by atoms with van der Waals surface area (Å²) in [5.41, 5.74) is -1.56. The Kier molecular flexibility index (Phi) is 11.0. The minimum absolute atomic E-state index is 0. The molecular weight excluding hydrogens is 726 g/mol. The molecule has 16 nitrogen and oxygen atoms in total. The highest BCUT2D eigenvalue weighted by Crippen LogP contribution is 2.45. The predicted octanol–water partition coefficient (Wildman–Crippen LogP) is 1.95. The number of methoxy groups -OCH3 is 1. The van der Waals surface area contributed by atoms with Crippen LogP contribution in [0.4, 0.5) is 0 Å². The number of carbonyl (C=O) groups excluding carboxylic acids is 3. The first-order valence-electron chi connectivity index (χ1n) is 15.9. The molecule has 3 fully saturated rings. The Balaban J connectivity index is 0.00000504. The van der Waals surface area contributed by atoms with Crippen LogP contribution in [0.3, 0.4) is 0 Å². The summed E-state index contributed by atoms with van der Waals surface area (Å²) in [5, 5.41) is 6.63. The lowest BCUT2D eigenvalue weighted by Crippen LogP contribution is -2.58. The van der Waals surface area contributed by atoms with Crippen molar-refractivity contribution in [3.8, 4) is 11.6 Å². The highest BCUT2D eigenvalue weighted by molar-refractivity contribution is 7.91. The minimum atomic E-state index is -3.90. The minimum Gasteiger partial charge on any atom is -0.494 e. The van der Waals surface area contributed by atoms with Gasteiger partial charge in [0.1, 0.15) is 29.5 Å². The van der Waals surface area contributed by atoms with Gasteiger partial charge in [0.25, 0.3) is 23.0 Å². The second-order valence-electron chi connectivity index (χ2n) is 12.4. The van der Waals surface area contributed by atoms with Crippen LogP contribution in [0, 0.1) is 5.92 Å². The van der Waals surface area contributed by atoms with Crippen LogP contribution in [0.2, 0.25) is 5.02 Å². The van der Waals surface area contributed by atoms with E-state index in [1.54, 1.807) is 25.1 Å². The Labute approximate surface area is 303 Å². The molecule has 0 bridgehead atoms. The van der Waals surface area contributed by atoms with E-state index in [1.165, 1.54) is 31.2 Å². The first-order valence-corrected chi connectivity index (χ1v) is 18.9. The number of carbonyl (C=O) groups is 3. The van der Waals surface area contributed by atoms with E-state index < -0.39 is 73.8 Å². The average Bonchev–Trinajstić information content (AvgIpc) is 3.98. The topological polar surface area (TPSA) is 207 Å². The quantitative estimate of drug-likeness (QED) is 0.266. The van der Waals surface area contributed by atoms with E-state index in [0.29, 0.717) is 34.4 Å². The number of fused-ring (bicyclic) bond motifs is 1. The molecule has 1 aromatic heterocycles. The van der Waals surface area contributed by atoms with E-state index >= 15 is 0 Å². The summed E-state index contributed by atoms with van der Waals surface area (Å²) in [6.07, 6.45) is 3.24. The fourth-order valence-corrected chi connectivity index (χ4v) is 8.20. The van der Waals surface area contributed by atoms with E-state index in [2.05, 4.69) is 35.7 Å². The number of nitrogens with zero attached hydrogens (tertiary/aromatic N) is 4. The van der Waals surface area contributed by atoms with Crippen LogP contribution in [-0.4, -0.2) is 101 Å². The van der Waals surface area contributed by atoms with E-state index in [0.717, 1.165) is 0 Å². The number of likely N-dealkylation sites (tertiary alicyclic amines) is 1. The van der Waals surface area contributed by atoms with Gasteiger partial charge in [-0.15, -0.1) is 15.4 Å².